The molecule has 0 bridgehead atoms. The van der Waals surface area contributed by atoms with E-state index in [4.69, 9.17) is 9.47 Å². The fourth-order valence-electron chi connectivity index (χ4n) is 2.80. The van der Waals surface area contributed by atoms with Crippen LogP contribution in [-0.2, 0) is 6.61 Å². The third-order valence-electron chi connectivity index (χ3n) is 4.04. The van der Waals surface area contributed by atoms with E-state index in [1.54, 1.807) is 6.07 Å². The molecule has 0 radical (unpaired) electrons. The number of ether oxygens (including phenoxy) is 3. The second-order valence-corrected chi connectivity index (χ2v) is 6.07. The molecule has 0 spiro atoms. The largest absolute Gasteiger partial charge is 0.573 e. The molecule has 0 aromatic heterocycles. The van der Waals surface area contributed by atoms with E-state index in [2.05, 4.69) is 4.74 Å². The van der Waals surface area contributed by atoms with Crippen molar-refractivity contribution < 1.29 is 32.2 Å². The lowest BCUT2D eigenvalue weighted by molar-refractivity contribution is -0.274. The number of rotatable bonds is 7. The molecule has 0 amide bonds. The maximum atomic E-state index is 12.6. The molecule has 3 rings (SSSR count). The Balaban J connectivity index is 2.04. The quantitative estimate of drug-likeness (QED) is 0.479. The lowest BCUT2D eigenvalue weighted by atomic mass is 10.0. The van der Waals surface area contributed by atoms with Crippen molar-refractivity contribution in [1.82, 2.24) is 0 Å². The highest BCUT2D eigenvalue weighted by atomic mass is 19.4. The molecular formula is C22H17F3O4. The maximum absolute atomic E-state index is 12.6. The van der Waals surface area contributed by atoms with E-state index >= 15 is 0 Å². The zero-order valence-corrected chi connectivity index (χ0v) is 15.4. The van der Waals surface area contributed by atoms with Crippen LogP contribution in [0.2, 0.25) is 0 Å². The number of hydrogen-bond donors (Lipinski definition) is 0. The van der Waals surface area contributed by atoms with Crippen molar-refractivity contribution in [2.24, 2.45) is 0 Å². The van der Waals surface area contributed by atoms with E-state index in [9.17, 15) is 18.0 Å². The molecule has 3 aromatic rings. The van der Waals surface area contributed by atoms with Crippen molar-refractivity contribution in [3.05, 3.63) is 77.9 Å². The maximum Gasteiger partial charge on any atom is 0.573 e. The average molecular weight is 402 g/mol. The van der Waals surface area contributed by atoms with Gasteiger partial charge in [0.2, 0.25) is 0 Å². The zero-order valence-electron chi connectivity index (χ0n) is 15.4. The lowest BCUT2D eigenvalue weighted by Crippen LogP contribution is -2.17. The first-order chi connectivity index (χ1) is 13.9. The molecule has 0 aliphatic carbocycles. The minimum absolute atomic E-state index is 0.212. The number of aldehydes is 1. The second-order valence-electron chi connectivity index (χ2n) is 6.07. The van der Waals surface area contributed by atoms with E-state index in [1.165, 1.54) is 37.4 Å². The number of carbonyl (C=O) groups excluding carboxylic acids is 1. The second kappa shape index (κ2) is 8.68. The molecule has 7 heteroatoms. The van der Waals surface area contributed by atoms with Crippen LogP contribution < -0.4 is 14.2 Å². The lowest BCUT2D eigenvalue weighted by Gasteiger charge is -2.17. The van der Waals surface area contributed by atoms with Crippen LogP contribution in [0.3, 0.4) is 0 Å². The summed E-state index contributed by atoms with van der Waals surface area (Å²) in [6, 6.07) is 17.9. The topological polar surface area (TPSA) is 44.8 Å². The zero-order chi connectivity index (χ0) is 20.9. The van der Waals surface area contributed by atoms with Crippen molar-refractivity contribution in [3.8, 4) is 28.4 Å². The van der Waals surface area contributed by atoms with E-state index in [1.807, 2.05) is 30.3 Å². The van der Waals surface area contributed by atoms with E-state index in [0.29, 0.717) is 34.5 Å². The van der Waals surface area contributed by atoms with Gasteiger partial charge in [0, 0.05) is 11.1 Å². The van der Waals surface area contributed by atoms with Gasteiger partial charge in [0.25, 0.3) is 0 Å². The Morgan fingerprint density at radius 3 is 2.38 bits per heavy atom. The van der Waals surface area contributed by atoms with Gasteiger partial charge in [-0.25, -0.2) is 0 Å². The van der Waals surface area contributed by atoms with Crippen LogP contribution in [0.15, 0.2) is 66.7 Å². The first kappa shape index (κ1) is 20.3. The monoisotopic (exact) mass is 402 g/mol. The van der Waals surface area contributed by atoms with Gasteiger partial charge in [-0.2, -0.15) is 0 Å². The van der Waals surface area contributed by atoms with Gasteiger partial charge >= 0.3 is 6.36 Å². The summed E-state index contributed by atoms with van der Waals surface area (Å²) in [6.45, 7) is 0.212. The van der Waals surface area contributed by atoms with E-state index in [-0.39, 0.29) is 12.4 Å². The Bertz CT molecular complexity index is 985. The van der Waals surface area contributed by atoms with Gasteiger partial charge in [-0.05, 0) is 35.4 Å². The molecule has 4 nitrogen and oxygen atoms in total. The number of alkyl halides is 3. The van der Waals surface area contributed by atoms with Crippen LogP contribution in [0.4, 0.5) is 13.2 Å². The highest BCUT2D eigenvalue weighted by Crippen LogP contribution is 2.41. The summed E-state index contributed by atoms with van der Waals surface area (Å²) in [5.41, 5.74) is 1.99. The Hall–Kier alpha value is -3.48. The summed E-state index contributed by atoms with van der Waals surface area (Å²) in [5, 5.41) is 0. The van der Waals surface area contributed by atoms with Crippen LogP contribution >= 0.6 is 0 Å². The summed E-state index contributed by atoms with van der Waals surface area (Å²) in [6.07, 6.45) is -4.18. The van der Waals surface area contributed by atoms with Crippen LogP contribution in [0, 0.1) is 0 Å². The molecule has 0 atom stereocenters. The summed E-state index contributed by atoms with van der Waals surface area (Å²) >= 11 is 0. The number of methoxy groups -OCH3 is 1. The summed E-state index contributed by atoms with van der Waals surface area (Å²) in [7, 11) is 1.42. The normalized spacial score (nSPS) is 11.0. The summed E-state index contributed by atoms with van der Waals surface area (Å²) in [4.78, 5) is 11.3. The Morgan fingerprint density at radius 2 is 1.72 bits per heavy atom. The van der Waals surface area contributed by atoms with Crippen molar-refractivity contribution in [3.63, 3.8) is 0 Å². The molecule has 0 saturated heterocycles. The highest BCUT2D eigenvalue weighted by molar-refractivity contribution is 5.84. The SMILES string of the molecule is COc1cc(C=O)cc(-c2cccc(OC(F)(F)F)c2)c1OCc1ccccc1. The number of hydrogen-bond acceptors (Lipinski definition) is 4. The Kier molecular flexibility index (Phi) is 6.07. The number of benzene rings is 3. The summed E-state index contributed by atoms with van der Waals surface area (Å²) < 4.78 is 53.1. The number of carbonyl (C=O) groups is 1. The third-order valence-corrected chi connectivity index (χ3v) is 4.04. The minimum atomic E-state index is -4.81. The Morgan fingerprint density at radius 1 is 0.966 bits per heavy atom. The fourth-order valence-corrected chi connectivity index (χ4v) is 2.80. The predicted molar refractivity (Wildman–Crippen MR) is 101 cm³/mol. The van der Waals surface area contributed by atoms with Crippen molar-refractivity contribution in [2.75, 3.05) is 7.11 Å². The minimum Gasteiger partial charge on any atom is -0.493 e. The number of halogens is 3. The average Bonchev–Trinajstić information content (AvgIpc) is 2.71. The molecular weight excluding hydrogens is 385 g/mol. The molecule has 0 aliphatic heterocycles. The van der Waals surface area contributed by atoms with Crippen LogP contribution in [0.5, 0.6) is 17.2 Å². The molecule has 0 aliphatic rings. The van der Waals surface area contributed by atoms with Crippen LogP contribution in [0.25, 0.3) is 11.1 Å². The van der Waals surface area contributed by atoms with Crippen molar-refractivity contribution >= 4 is 6.29 Å². The molecule has 0 unspecified atom stereocenters. The van der Waals surface area contributed by atoms with Crippen LogP contribution in [0.1, 0.15) is 15.9 Å². The van der Waals surface area contributed by atoms with Gasteiger partial charge in [-0.3, -0.25) is 4.79 Å². The summed E-state index contributed by atoms with van der Waals surface area (Å²) in [5.74, 6) is 0.230. The van der Waals surface area contributed by atoms with Gasteiger partial charge in [0.1, 0.15) is 18.6 Å². The van der Waals surface area contributed by atoms with Gasteiger partial charge in [-0.15, -0.1) is 13.2 Å². The molecule has 0 heterocycles. The third kappa shape index (κ3) is 5.28. The first-order valence-corrected chi connectivity index (χ1v) is 8.60. The highest BCUT2D eigenvalue weighted by Gasteiger charge is 2.31. The van der Waals surface area contributed by atoms with Gasteiger partial charge in [0.15, 0.2) is 11.5 Å². The van der Waals surface area contributed by atoms with E-state index in [0.717, 1.165) is 5.56 Å². The standard InChI is InChI=1S/C22H17F3O4/c1-27-20-11-16(13-26)10-19(21(20)28-14-15-6-3-2-4-7-15)17-8-5-9-18(12-17)29-22(23,24)25/h2-13H,14H2,1H3. The molecule has 150 valence electrons. The van der Waals surface area contributed by atoms with E-state index < -0.39 is 6.36 Å². The molecule has 0 fully saturated rings. The molecule has 3 aromatic carbocycles. The predicted octanol–water partition coefficient (Wildman–Crippen LogP) is 5.65. The molecule has 29 heavy (non-hydrogen) atoms. The van der Waals surface area contributed by atoms with Gasteiger partial charge in [-0.1, -0.05) is 42.5 Å². The molecule has 0 saturated carbocycles. The van der Waals surface area contributed by atoms with Crippen molar-refractivity contribution in [1.29, 1.82) is 0 Å². The van der Waals surface area contributed by atoms with Gasteiger partial charge in [0.05, 0.1) is 7.11 Å². The Labute approximate surface area is 165 Å². The first-order valence-electron chi connectivity index (χ1n) is 8.60. The van der Waals surface area contributed by atoms with Gasteiger partial charge < -0.3 is 14.2 Å². The van der Waals surface area contributed by atoms with Crippen molar-refractivity contribution in [2.45, 2.75) is 13.0 Å². The smallest absolute Gasteiger partial charge is 0.493 e. The van der Waals surface area contributed by atoms with Crippen LogP contribution in [-0.4, -0.2) is 19.8 Å². The fraction of sp³-hybridized carbons (Fsp3) is 0.136. The molecule has 0 N–H and O–H groups in total.